The van der Waals surface area contributed by atoms with Crippen molar-refractivity contribution in [3.8, 4) is 0 Å². The van der Waals surface area contributed by atoms with E-state index in [1.165, 1.54) is 6.07 Å². The first-order chi connectivity index (χ1) is 9.20. The Hall–Kier alpha value is -1.13. The number of hydrogen-bond acceptors (Lipinski definition) is 3. The lowest BCUT2D eigenvalue weighted by Crippen LogP contribution is -2.47. The van der Waals surface area contributed by atoms with Gasteiger partial charge in [-0.1, -0.05) is 19.1 Å². The van der Waals surface area contributed by atoms with Crippen LogP contribution in [0.2, 0.25) is 0 Å². The van der Waals surface area contributed by atoms with Crippen LogP contribution in [0.1, 0.15) is 19.8 Å². The number of rotatable bonds is 5. The minimum atomic E-state index is -0.121. The maximum absolute atomic E-state index is 13.7. The van der Waals surface area contributed by atoms with Crippen molar-refractivity contribution in [1.82, 2.24) is 4.90 Å². The van der Waals surface area contributed by atoms with Gasteiger partial charge in [-0.15, -0.1) is 0 Å². The summed E-state index contributed by atoms with van der Waals surface area (Å²) < 4.78 is 13.7. The number of para-hydroxylation sites is 1. The summed E-state index contributed by atoms with van der Waals surface area (Å²) in [6.07, 6.45) is 2.09. The van der Waals surface area contributed by atoms with Gasteiger partial charge in [0.25, 0.3) is 0 Å². The topological polar surface area (TPSA) is 32.5 Å². The summed E-state index contributed by atoms with van der Waals surface area (Å²) in [4.78, 5) is 4.55. The summed E-state index contributed by atoms with van der Waals surface area (Å²) in [6, 6.07) is 7.33. The molecule has 3 nitrogen and oxygen atoms in total. The summed E-state index contributed by atoms with van der Waals surface area (Å²) in [6.45, 7) is 6.95. The summed E-state index contributed by atoms with van der Waals surface area (Å²) in [5, 5.41) is 0. The molecule has 106 valence electrons. The van der Waals surface area contributed by atoms with Gasteiger partial charge in [0, 0.05) is 32.2 Å². The van der Waals surface area contributed by atoms with Crippen LogP contribution in [0.4, 0.5) is 10.1 Å². The highest BCUT2D eigenvalue weighted by Crippen LogP contribution is 2.20. The summed E-state index contributed by atoms with van der Waals surface area (Å²) in [7, 11) is 0. The summed E-state index contributed by atoms with van der Waals surface area (Å²) in [5.41, 5.74) is 6.67. The van der Waals surface area contributed by atoms with Crippen LogP contribution in [-0.4, -0.2) is 43.7 Å². The monoisotopic (exact) mass is 265 g/mol. The van der Waals surface area contributed by atoms with E-state index < -0.39 is 0 Å². The summed E-state index contributed by atoms with van der Waals surface area (Å²) in [5.74, 6) is -0.121. The van der Waals surface area contributed by atoms with E-state index in [9.17, 15) is 4.39 Å². The van der Waals surface area contributed by atoms with Crippen molar-refractivity contribution in [3.63, 3.8) is 0 Å². The molecule has 0 amide bonds. The molecule has 19 heavy (non-hydrogen) atoms. The predicted molar refractivity (Wildman–Crippen MR) is 77.9 cm³/mol. The van der Waals surface area contributed by atoms with Crippen molar-refractivity contribution >= 4 is 5.69 Å². The fourth-order valence-corrected chi connectivity index (χ4v) is 2.47. The molecule has 4 heteroatoms. The molecule has 1 aromatic carbocycles. The molecule has 0 spiro atoms. The second-order valence-electron chi connectivity index (χ2n) is 5.24. The lowest BCUT2D eigenvalue weighted by molar-refractivity contribution is 0.247. The van der Waals surface area contributed by atoms with Gasteiger partial charge in [0.1, 0.15) is 5.82 Å². The van der Waals surface area contributed by atoms with Crippen LogP contribution in [-0.2, 0) is 0 Å². The van der Waals surface area contributed by atoms with Gasteiger partial charge in [0.15, 0.2) is 0 Å². The van der Waals surface area contributed by atoms with E-state index in [1.807, 2.05) is 12.1 Å². The molecule has 2 rings (SSSR count). The Bertz CT molecular complexity index is 389. The fraction of sp³-hybridized carbons (Fsp3) is 0.600. The third kappa shape index (κ3) is 3.91. The third-order valence-electron chi connectivity index (χ3n) is 3.91. The van der Waals surface area contributed by atoms with Crippen LogP contribution < -0.4 is 10.6 Å². The van der Waals surface area contributed by atoms with Crippen molar-refractivity contribution < 1.29 is 4.39 Å². The minimum Gasteiger partial charge on any atom is -0.367 e. The van der Waals surface area contributed by atoms with Gasteiger partial charge in [-0.25, -0.2) is 4.39 Å². The number of hydrogen-bond donors (Lipinski definition) is 1. The normalized spacial score (nSPS) is 18.6. The predicted octanol–water partition coefficient (Wildman–Crippen LogP) is 2.08. The molecule has 2 N–H and O–H groups in total. The van der Waals surface area contributed by atoms with Gasteiger partial charge in [-0.2, -0.15) is 0 Å². The molecule has 1 aromatic rings. The quantitative estimate of drug-likeness (QED) is 0.884. The van der Waals surface area contributed by atoms with Crippen molar-refractivity contribution in [2.75, 3.05) is 37.6 Å². The van der Waals surface area contributed by atoms with Crippen LogP contribution in [0, 0.1) is 5.82 Å². The van der Waals surface area contributed by atoms with Crippen molar-refractivity contribution in [2.45, 2.75) is 25.8 Å². The van der Waals surface area contributed by atoms with E-state index >= 15 is 0 Å². The van der Waals surface area contributed by atoms with Gasteiger partial charge >= 0.3 is 0 Å². The van der Waals surface area contributed by atoms with Gasteiger partial charge < -0.3 is 10.6 Å². The molecule has 1 aliphatic rings. The van der Waals surface area contributed by atoms with Crippen LogP contribution >= 0.6 is 0 Å². The van der Waals surface area contributed by atoms with Gasteiger partial charge in [0.05, 0.1) is 5.69 Å². The molecule has 0 saturated carbocycles. The number of piperazine rings is 1. The molecule has 1 atom stereocenters. The lowest BCUT2D eigenvalue weighted by atomic mass is 10.1. The fourth-order valence-electron chi connectivity index (χ4n) is 2.47. The number of nitrogens with two attached hydrogens (primary N) is 1. The van der Waals surface area contributed by atoms with Crippen molar-refractivity contribution in [1.29, 1.82) is 0 Å². The Morgan fingerprint density at radius 2 is 1.89 bits per heavy atom. The van der Waals surface area contributed by atoms with E-state index in [4.69, 9.17) is 5.73 Å². The van der Waals surface area contributed by atoms with Crippen LogP contribution in [0.25, 0.3) is 0 Å². The first kappa shape index (κ1) is 14.3. The first-order valence-corrected chi connectivity index (χ1v) is 7.18. The minimum absolute atomic E-state index is 0.121. The maximum Gasteiger partial charge on any atom is 0.146 e. The van der Waals surface area contributed by atoms with E-state index in [0.29, 0.717) is 6.04 Å². The molecule has 1 unspecified atom stereocenters. The zero-order chi connectivity index (χ0) is 13.7. The number of halogens is 1. The molecule has 1 aliphatic heterocycles. The SMILES string of the molecule is CCC(N)CCN1CCN(c2ccccc2F)CC1. The average molecular weight is 265 g/mol. The number of nitrogens with zero attached hydrogens (tertiary/aromatic N) is 2. The Balaban J connectivity index is 1.81. The molecular formula is C15H24FN3. The second kappa shape index (κ2) is 6.87. The molecule has 1 fully saturated rings. The average Bonchev–Trinajstić information content (AvgIpc) is 2.46. The van der Waals surface area contributed by atoms with E-state index in [2.05, 4.69) is 16.7 Å². The van der Waals surface area contributed by atoms with Gasteiger partial charge in [-0.3, -0.25) is 4.90 Å². The van der Waals surface area contributed by atoms with Crippen LogP contribution in [0.3, 0.4) is 0 Å². The molecule has 0 bridgehead atoms. The second-order valence-corrected chi connectivity index (χ2v) is 5.24. The smallest absolute Gasteiger partial charge is 0.146 e. The van der Waals surface area contributed by atoms with Gasteiger partial charge in [0.2, 0.25) is 0 Å². The van der Waals surface area contributed by atoms with E-state index in [1.54, 1.807) is 6.07 Å². The third-order valence-corrected chi connectivity index (χ3v) is 3.91. The molecule has 0 aliphatic carbocycles. The molecule has 1 heterocycles. The first-order valence-electron chi connectivity index (χ1n) is 7.18. The largest absolute Gasteiger partial charge is 0.367 e. The molecular weight excluding hydrogens is 241 g/mol. The highest BCUT2D eigenvalue weighted by molar-refractivity contribution is 5.47. The highest BCUT2D eigenvalue weighted by atomic mass is 19.1. The number of anilines is 1. The molecule has 0 radical (unpaired) electrons. The lowest BCUT2D eigenvalue weighted by Gasteiger charge is -2.36. The maximum atomic E-state index is 13.7. The van der Waals surface area contributed by atoms with Gasteiger partial charge in [-0.05, 0) is 31.5 Å². The molecule has 0 aromatic heterocycles. The molecule has 1 saturated heterocycles. The number of benzene rings is 1. The Labute approximate surface area is 115 Å². The standard InChI is InChI=1S/C15H24FN3/c1-2-13(17)7-8-18-9-11-19(12-10-18)15-6-4-3-5-14(15)16/h3-6,13H,2,7-12,17H2,1H3. The highest BCUT2D eigenvalue weighted by Gasteiger charge is 2.19. The Morgan fingerprint density at radius 3 is 2.53 bits per heavy atom. The Kier molecular flexibility index (Phi) is 5.16. The van der Waals surface area contributed by atoms with E-state index in [-0.39, 0.29) is 5.82 Å². The zero-order valence-electron chi connectivity index (χ0n) is 11.7. The van der Waals surface area contributed by atoms with Crippen molar-refractivity contribution in [2.24, 2.45) is 5.73 Å². The Morgan fingerprint density at radius 1 is 1.21 bits per heavy atom. The van der Waals surface area contributed by atoms with Crippen LogP contribution in [0.15, 0.2) is 24.3 Å². The van der Waals surface area contributed by atoms with E-state index in [0.717, 1.165) is 51.3 Å². The summed E-state index contributed by atoms with van der Waals surface area (Å²) >= 11 is 0. The van der Waals surface area contributed by atoms with Crippen molar-refractivity contribution in [3.05, 3.63) is 30.1 Å². The van der Waals surface area contributed by atoms with Crippen LogP contribution in [0.5, 0.6) is 0 Å². The zero-order valence-corrected chi connectivity index (χ0v) is 11.7.